The molecule has 0 bridgehead atoms. The van der Waals surface area contributed by atoms with Crippen LogP contribution in [0, 0.1) is 11.3 Å². The maximum absolute atomic E-state index is 2.96. The van der Waals surface area contributed by atoms with E-state index in [0.717, 1.165) is 0 Å². The molecule has 292 valence electrons. The monoisotopic (exact) mass is 850 g/mol. The molecule has 6 rings (SSSR count). The number of rotatable bonds is 4. The Balaban J connectivity index is 0.00000336. The second-order valence-corrected chi connectivity index (χ2v) is 27.3. The van der Waals surface area contributed by atoms with Crippen LogP contribution in [0.3, 0.4) is 0 Å². The molecule has 4 aromatic carbocycles. The van der Waals surface area contributed by atoms with Crippen molar-refractivity contribution < 1.29 is 46.1 Å². The number of benzene rings is 4. The summed E-state index contributed by atoms with van der Waals surface area (Å²) in [5.74, 6) is 0.409. The molecule has 2 aliphatic rings. The summed E-state index contributed by atoms with van der Waals surface area (Å²) in [5, 5.41) is 0. The zero-order valence-corrected chi connectivity index (χ0v) is 40.6. The van der Waals surface area contributed by atoms with Crippen molar-refractivity contribution in [2.24, 2.45) is 11.3 Å². The summed E-state index contributed by atoms with van der Waals surface area (Å²) in [4.78, 5) is 0. The SMILES string of the molecule is CC1C=C(C(C)(C)C)C=[C]1[Zr+2](=[C](c1ccc(C(C)(C)C)cc1)c1ccc(C(C)(C)C)cc1)[CH]1c2ccc(C(C)(C)C)cc2-c2cc(C(C)(C)C)ccc21.[Cl-].[Cl-]. The summed E-state index contributed by atoms with van der Waals surface area (Å²) in [7, 11) is 0. The summed E-state index contributed by atoms with van der Waals surface area (Å²) >= 11 is -2.96. The van der Waals surface area contributed by atoms with Gasteiger partial charge in [0.15, 0.2) is 0 Å². The van der Waals surface area contributed by atoms with Crippen LogP contribution in [-0.4, -0.2) is 3.21 Å². The fourth-order valence-electron chi connectivity index (χ4n) is 8.20. The van der Waals surface area contributed by atoms with Gasteiger partial charge in [-0.05, 0) is 0 Å². The minimum Gasteiger partial charge on any atom is -1.00 e. The first-order chi connectivity index (χ1) is 24.4. The van der Waals surface area contributed by atoms with Crippen molar-refractivity contribution in [1.82, 2.24) is 0 Å². The van der Waals surface area contributed by atoms with Crippen LogP contribution in [-0.2, 0) is 42.9 Å². The molecule has 0 N–H and O–H groups in total. The number of allylic oxidation sites excluding steroid dienone is 4. The van der Waals surface area contributed by atoms with Crippen molar-refractivity contribution >= 4 is 3.21 Å². The Morgan fingerprint density at radius 3 is 1.11 bits per heavy atom. The van der Waals surface area contributed by atoms with E-state index in [0.29, 0.717) is 9.54 Å². The van der Waals surface area contributed by atoms with Crippen molar-refractivity contribution in [3.8, 4) is 11.1 Å². The molecule has 0 saturated heterocycles. The molecule has 1 unspecified atom stereocenters. The van der Waals surface area contributed by atoms with Gasteiger partial charge in [-0.25, -0.2) is 0 Å². The molecule has 0 aliphatic heterocycles. The molecule has 0 saturated carbocycles. The third-order valence-corrected chi connectivity index (χ3v) is 20.5. The second kappa shape index (κ2) is 15.8. The molecule has 0 radical (unpaired) electrons. The van der Waals surface area contributed by atoms with Gasteiger partial charge in [0.05, 0.1) is 0 Å². The quantitative estimate of drug-likeness (QED) is 0.194. The van der Waals surface area contributed by atoms with E-state index < -0.39 is 21.3 Å². The average molecular weight is 853 g/mol. The number of hydrogen-bond donors (Lipinski definition) is 0. The third-order valence-electron chi connectivity index (χ3n) is 11.8. The Morgan fingerprint density at radius 1 is 0.455 bits per heavy atom. The molecule has 0 nitrogen and oxygen atoms in total. The maximum Gasteiger partial charge on any atom is -1.00 e. The molecule has 0 amide bonds. The molecule has 0 fully saturated rings. The summed E-state index contributed by atoms with van der Waals surface area (Å²) in [6, 6.07) is 34.6. The van der Waals surface area contributed by atoms with E-state index in [9.17, 15) is 0 Å². The Morgan fingerprint density at radius 2 is 0.800 bits per heavy atom. The minimum atomic E-state index is -2.96. The summed E-state index contributed by atoms with van der Waals surface area (Å²) < 4.78 is 3.71. The van der Waals surface area contributed by atoms with Crippen LogP contribution in [0.25, 0.3) is 11.1 Å². The Labute approximate surface area is 355 Å². The van der Waals surface area contributed by atoms with Gasteiger partial charge < -0.3 is 24.8 Å². The molecule has 3 heteroatoms. The predicted octanol–water partition coefficient (Wildman–Crippen LogP) is 8.35. The van der Waals surface area contributed by atoms with E-state index in [-0.39, 0.29) is 51.9 Å². The van der Waals surface area contributed by atoms with Crippen molar-refractivity contribution in [3.63, 3.8) is 0 Å². The normalized spacial score (nSPS) is 15.9. The molecule has 0 spiro atoms. The minimum absolute atomic E-state index is 0. The van der Waals surface area contributed by atoms with Gasteiger partial charge in [0.1, 0.15) is 0 Å². The van der Waals surface area contributed by atoms with Gasteiger partial charge in [-0.1, -0.05) is 0 Å². The van der Waals surface area contributed by atoms with Gasteiger partial charge in [0.25, 0.3) is 0 Å². The summed E-state index contributed by atoms with van der Waals surface area (Å²) in [5.41, 5.74) is 16.4. The Bertz CT molecular complexity index is 2000. The van der Waals surface area contributed by atoms with Crippen LogP contribution in [0.4, 0.5) is 0 Å². The van der Waals surface area contributed by atoms with Crippen LogP contribution in [0.5, 0.6) is 0 Å². The molecule has 0 aromatic heterocycles. The molecule has 2 aliphatic carbocycles. The van der Waals surface area contributed by atoms with Gasteiger partial charge in [-0.2, -0.15) is 0 Å². The summed E-state index contributed by atoms with van der Waals surface area (Å²) in [6.07, 6.45) is 5.28. The van der Waals surface area contributed by atoms with E-state index >= 15 is 0 Å². The smallest absolute Gasteiger partial charge is 1.00 e. The fourth-order valence-corrected chi connectivity index (χ4v) is 17.7. The zero-order valence-electron chi connectivity index (χ0n) is 36.6. The van der Waals surface area contributed by atoms with Gasteiger partial charge in [-0.15, -0.1) is 0 Å². The second-order valence-electron chi connectivity index (χ2n) is 21.2. The van der Waals surface area contributed by atoms with Crippen LogP contribution in [0.2, 0.25) is 0 Å². The van der Waals surface area contributed by atoms with E-state index in [1.165, 1.54) is 50.1 Å². The van der Waals surface area contributed by atoms with Crippen LogP contribution < -0.4 is 24.8 Å². The van der Waals surface area contributed by atoms with E-state index in [1.807, 2.05) is 0 Å². The van der Waals surface area contributed by atoms with Crippen LogP contribution in [0.1, 0.15) is 159 Å². The number of hydrogen-bond acceptors (Lipinski definition) is 0. The molecular weight excluding hydrogens is 787 g/mol. The van der Waals surface area contributed by atoms with Gasteiger partial charge >= 0.3 is 333 Å². The summed E-state index contributed by atoms with van der Waals surface area (Å²) in [6.45, 7) is 37.7. The molecule has 0 heterocycles. The topological polar surface area (TPSA) is 0 Å². The van der Waals surface area contributed by atoms with Gasteiger partial charge in [0, 0.05) is 0 Å². The maximum atomic E-state index is 2.68. The first kappa shape index (κ1) is 45.4. The van der Waals surface area contributed by atoms with Crippen molar-refractivity contribution in [1.29, 1.82) is 0 Å². The first-order valence-electron chi connectivity index (χ1n) is 20.1. The van der Waals surface area contributed by atoms with Crippen molar-refractivity contribution in [3.05, 3.63) is 150 Å². The standard InChI is InChI=1S/C21H25.C21H26.C10H15.2ClH.Zr/c1-20(2,3)16-9-7-14-11-15-8-10-17(21(4,5)6)13-19(15)18(14)12-16;1-20(2,3)18-11-7-16(8-12-18)15-17-9-13-19(14-10-17)21(4,5)6;1-8-5-6-9(7-8)10(2,3)4;;;/h7-13H,1-6H3;7-14H,1-6H3;6-8H,1-4H3;2*1H;/q;;;;;+2/p-2. The first-order valence-corrected chi connectivity index (χ1v) is 23.9. The third kappa shape index (κ3) is 9.22. The molecule has 1 atom stereocenters. The Hall–Kier alpha value is -2.31. The van der Waals surface area contributed by atoms with E-state index in [4.69, 9.17) is 0 Å². The van der Waals surface area contributed by atoms with Crippen LogP contribution in [0.15, 0.2) is 106 Å². The Kier molecular flexibility index (Phi) is 13.0. The average Bonchev–Trinajstić information content (AvgIpc) is 3.59. The molecule has 55 heavy (non-hydrogen) atoms. The fraction of sp³-hybridized carbons (Fsp3) is 0.442. The molecular formula is C52H66Cl2Zr. The van der Waals surface area contributed by atoms with E-state index in [2.05, 4.69) is 208 Å². The van der Waals surface area contributed by atoms with Gasteiger partial charge in [0.2, 0.25) is 0 Å². The number of halogens is 2. The predicted molar refractivity (Wildman–Crippen MR) is 229 cm³/mol. The van der Waals surface area contributed by atoms with Crippen molar-refractivity contribution in [2.45, 2.75) is 136 Å². The van der Waals surface area contributed by atoms with Gasteiger partial charge in [-0.3, -0.25) is 0 Å². The largest absolute Gasteiger partial charge is 1.00 e. The van der Waals surface area contributed by atoms with Crippen LogP contribution >= 0.6 is 0 Å². The number of fused-ring (bicyclic) bond motifs is 3. The van der Waals surface area contributed by atoms with Crippen molar-refractivity contribution in [2.75, 3.05) is 0 Å². The zero-order chi connectivity index (χ0) is 39.1. The van der Waals surface area contributed by atoms with E-state index in [1.54, 1.807) is 17.6 Å². The molecule has 4 aromatic rings.